The first kappa shape index (κ1) is 17.0. The van der Waals surface area contributed by atoms with Crippen LogP contribution in [-0.4, -0.2) is 61.4 Å². The number of nitrogens with zero attached hydrogens (tertiary/aromatic N) is 2. The van der Waals surface area contributed by atoms with Gasteiger partial charge in [0.15, 0.2) is 0 Å². The molecule has 1 atom stereocenters. The molecule has 0 aliphatic carbocycles. The predicted octanol–water partition coefficient (Wildman–Crippen LogP) is 0.949. The highest BCUT2D eigenvalue weighted by atomic mass is 16.2. The Balaban J connectivity index is 2.73. The lowest BCUT2D eigenvalue weighted by atomic mass is 9.75. The maximum atomic E-state index is 12.8. The Bertz CT molecular complexity index is 345. The fourth-order valence-electron chi connectivity index (χ4n) is 2.96. The Morgan fingerprint density at radius 2 is 1.85 bits per heavy atom. The van der Waals surface area contributed by atoms with Crippen LogP contribution in [0.5, 0.6) is 0 Å². The Labute approximate surface area is 122 Å². The summed E-state index contributed by atoms with van der Waals surface area (Å²) < 4.78 is 0. The van der Waals surface area contributed by atoms with Gasteiger partial charge in [-0.15, -0.1) is 0 Å². The van der Waals surface area contributed by atoms with Crippen molar-refractivity contribution in [2.24, 2.45) is 11.3 Å². The van der Waals surface area contributed by atoms with Gasteiger partial charge < -0.3 is 15.1 Å². The third kappa shape index (κ3) is 3.32. The van der Waals surface area contributed by atoms with Crippen LogP contribution in [0.15, 0.2) is 0 Å². The van der Waals surface area contributed by atoms with Crippen LogP contribution in [0.25, 0.3) is 0 Å². The largest absolute Gasteiger partial charge is 0.342 e. The number of carbonyl (C=O) groups excluding carboxylic acids is 2. The minimum absolute atomic E-state index is 0.0238. The molecule has 1 saturated heterocycles. The van der Waals surface area contributed by atoms with Crippen molar-refractivity contribution < 1.29 is 9.59 Å². The normalized spacial score (nSPS) is 22.1. The SMILES string of the molecule is CCN(CC)C(=O)CN(C)C(=O)C1(C(C)C)CCNC1. The zero-order valence-corrected chi connectivity index (χ0v) is 13.5. The van der Waals surface area contributed by atoms with Gasteiger partial charge in [-0.2, -0.15) is 0 Å². The first-order chi connectivity index (χ1) is 9.39. The maximum absolute atomic E-state index is 12.8. The van der Waals surface area contributed by atoms with Crippen molar-refractivity contribution in [3.8, 4) is 0 Å². The zero-order valence-electron chi connectivity index (χ0n) is 13.5. The molecular weight excluding hydrogens is 254 g/mol. The molecule has 1 N–H and O–H groups in total. The summed E-state index contributed by atoms with van der Waals surface area (Å²) in [5, 5.41) is 3.29. The summed E-state index contributed by atoms with van der Waals surface area (Å²) in [5.74, 6) is 0.393. The van der Waals surface area contributed by atoms with Gasteiger partial charge in [0.25, 0.3) is 0 Å². The quantitative estimate of drug-likeness (QED) is 0.789. The van der Waals surface area contributed by atoms with Gasteiger partial charge in [0.1, 0.15) is 0 Å². The van der Waals surface area contributed by atoms with Gasteiger partial charge in [-0.25, -0.2) is 0 Å². The predicted molar refractivity (Wildman–Crippen MR) is 80.3 cm³/mol. The van der Waals surface area contributed by atoms with Crippen LogP contribution < -0.4 is 5.32 Å². The third-order valence-corrected chi connectivity index (χ3v) is 4.55. The van der Waals surface area contributed by atoms with Crippen LogP contribution in [0.2, 0.25) is 0 Å². The van der Waals surface area contributed by atoms with Gasteiger partial charge in [-0.1, -0.05) is 13.8 Å². The van der Waals surface area contributed by atoms with Crippen molar-refractivity contribution in [2.45, 2.75) is 34.1 Å². The van der Waals surface area contributed by atoms with Crippen molar-refractivity contribution in [2.75, 3.05) is 39.8 Å². The summed E-state index contributed by atoms with van der Waals surface area (Å²) in [4.78, 5) is 28.3. The van der Waals surface area contributed by atoms with Crippen LogP contribution in [0.4, 0.5) is 0 Å². The summed E-state index contributed by atoms with van der Waals surface area (Å²) in [6.07, 6.45) is 0.854. The molecule has 5 nitrogen and oxygen atoms in total. The van der Waals surface area contributed by atoms with Gasteiger partial charge in [-0.05, 0) is 32.7 Å². The van der Waals surface area contributed by atoms with Crippen LogP contribution >= 0.6 is 0 Å². The number of likely N-dealkylation sites (N-methyl/N-ethyl adjacent to an activating group) is 2. The highest BCUT2D eigenvalue weighted by molar-refractivity contribution is 5.88. The minimum Gasteiger partial charge on any atom is -0.342 e. The second-order valence-electron chi connectivity index (χ2n) is 5.96. The second kappa shape index (κ2) is 7.07. The number of hydrogen-bond acceptors (Lipinski definition) is 3. The summed E-state index contributed by atoms with van der Waals surface area (Å²) >= 11 is 0. The standard InChI is InChI=1S/C15H29N3O2/c1-6-18(7-2)13(19)10-17(5)14(20)15(12(3)4)8-9-16-11-15/h12,16H,6-11H2,1-5H3. The van der Waals surface area contributed by atoms with E-state index in [1.165, 1.54) is 0 Å². The summed E-state index contributed by atoms with van der Waals surface area (Å²) in [5.41, 5.74) is -0.349. The van der Waals surface area contributed by atoms with Gasteiger partial charge in [-0.3, -0.25) is 9.59 Å². The molecule has 1 aliphatic heterocycles. The average molecular weight is 283 g/mol. The lowest BCUT2D eigenvalue weighted by Gasteiger charge is -2.35. The molecule has 0 saturated carbocycles. The maximum Gasteiger partial charge on any atom is 0.242 e. The van der Waals surface area contributed by atoms with E-state index in [0.717, 1.165) is 13.0 Å². The Hall–Kier alpha value is -1.10. The number of carbonyl (C=O) groups is 2. The molecule has 2 amide bonds. The number of rotatable bonds is 6. The molecule has 0 spiro atoms. The molecule has 1 unspecified atom stereocenters. The topological polar surface area (TPSA) is 52.7 Å². The van der Waals surface area contributed by atoms with E-state index < -0.39 is 0 Å². The Morgan fingerprint density at radius 3 is 2.25 bits per heavy atom. The highest BCUT2D eigenvalue weighted by Gasteiger charge is 2.45. The third-order valence-electron chi connectivity index (χ3n) is 4.55. The first-order valence-electron chi connectivity index (χ1n) is 7.63. The highest BCUT2D eigenvalue weighted by Crippen LogP contribution is 2.35. The van der Waals surface area contributed by atoms with Crippen molar-refractivity contribution in [1.82, 2.24) is 15.1 Å². The minimum atomic E-state index is -0.349. The molecular formula is C15H29N3O2. The monoisotopic (exact) mass is 283 g/mol. The van der Waals surface area contributed by atoms with Crippen LogP contribution in [0, 0.1) is 11.3 Å². The van der Waals surface area contributed by atoms with Gasteiger partial charge in [0.05, 0.1) is 12.0 Å². The fourth-order valence-corrected chi connectivity index (χ4v) is 2.96. The summed E-state index contributed by atoms with van der Waals surface area (Å²) in [6.45, 7) is 11.2. The number of amides is 2. The van der Waals surface area contributed by atoms with E-state index in [4.69, 9.17) is 0 Å². The van der Waals surface area contributed by atoms with E-state index in [-0.39, 0.29) is 29.7 Å². The van der Waals surface area contributed by atoms with E-state index in [1.54, 1.807) is 16.8 Å². The van der Waals surface area contributed by atoms with Crippen LogP contribution in [0.1, 0.15) is 34.1 Å². The number of hydrogen-bond donors (Lipinski definition) is 1. The molecule has 5 heteroatoms. The van der Waals surface area contributed by atoms with E-state index in [2.05, 4.69) is 19.2 Å². The van der Waals surface area contributed by atoms with Crippen LogP contribution in [0.3, 0.4) is 0 Å². The molecule has 0 radical (unpaired) electrons. The van der Waals surface area contributed by atoms with Crippen molar-refractivity contribution in [1.29, 1.82) is 0 Å². The molecule has 1 aliphatic rings. The summed E-state index contributed by atoms with van der Waals surface area (Å²) in [6, 6.07) is 0. The van der Waals surface area contributed by atoms with Gasteiger partial charge in [0, 0.05) is 26.7 Å². The molecule has 1 rings (SSSR count). The molecule has 0 aromatic heterocycles. The second-order valence-corrected chi connectivity index (χ2v) is 5.96. The average Bonchev–Trinajstić information content (AvgIpc) is 2.89. The van der Waals surface area contributed by atoms with Gasteiger partial charge >= 0.3 is 0 Å². The van der Waals surface area contributed by atoms with Crippen LogP contribution in [-0.2, 0) is 9.59 Å². The van der Waals surface area contributed by atoms with Crippen molar-refractivity contribution in [3.63, 3.8) is 0 Å². The molecule has 0 bridgehead atoms. The van der Waals surface area contributed by atoms with E-state index >= 15 is 0 Å². The molecule has 0 aromatic carbocycles. The lowest BCUT2D eigenvalue weighted by Crippen LogP contribution is -2.50. The van der Waals surface area contributed by atoms with E-state index in [9.17, 15) is 9.59 Å². The van der Waals surface area contributed by atoms with Crippen molar-refractivity contribution in [3.05, 3.63) is 0 Å². The Kier molecular flexibility index (Phi) is 5.99. The first-order valence-corrected chi connectivity index (χ1v) is 7.63. The van der Waals surface area contributed by atoms with E-state index in [0.29, 0.717) is 19.6 Å². The smallest absolute Gasteiger partial charge is 0.242 e. The molecule has 1 heterocycles. The Morgan fingerprint density at radius 1 is 1.25 bits per heavy atom. The van der Waals surface area contributed by atoms with E-state index in [1.807, 2.05) is 13.8 Å². The fraction of sp³-hybridized carbons (Fsp3) is 0.867. The zero-order chi connectivity index (χ0) is 15.3. The molecule has 116 valence electrons. The summed E-state index contributed by atoms with van der Waals surface area (Å²) in [7, 11) is 1.74. The van der Waals surface area contributed by atoms with Crippen molar-refractivity contribution >= 4 is 11.8 Å². The lowest BCUT2D eigenvalue weighted by molar-refractivity contribution is -0.147. The van der Waals surface area contributed by atoms with Gasteiger partial charge in [0.2, 0.25) is 11.8 Å². The number of nitrogens with one attached hydrogen (secondary N) is 1. The molecule has 20 heavy (non-hydrogen) atoms. The molecule has 0 aromatic rings. The molecule has 1 fully saturated rings.